The van der Waals surface area contributed by atoms with Crippen LogP contribution in [0.15, 0.2) is 18.2 Å². The van der Waals surface area contributed by atoms with Gasteiger partial charge in [-0.2, -0.15) is 0 Å². The molecule has 0 saturated carbocycles. The predicted octanol–water partition coefficient (Wildman–Crippen LogP) is 1.92. The first-order valence-corrected chi connectivity index (χ1v) is 5.59. The lowest BCUT2D eigenvalue weighted by Gasteiger charge is -2.06. The molecule has 2 rings (SSSR count). The molecule has 0 radical (unpaired) electrons. The van der Waals surface area contributed by atoms with Crippen LogP contribution in [0, 0.1) is 13.8 Å². The molecule has 0 unspecified atom stereocenters. The molecule has 17 heavy (non-hydrogen) atoms. The number of benzene rings is 1. The summed E-state index contributed by atoms with van der Waals surface area (Å²) in [6.07, 6.45) is 0. The first kappa shape index (κ1) is 11.7. The van der Waals surface area contributed by atoms with Crippen molar-refractivity contribution in [2.24, 2.45) is 5.73 Å². The molecule has 2 aromatic rings. The Morgan fingerprint density at radius 3 is 2.71 bits per heavy atom. The number of rotatable bonds is 3. The van der Waals surface area contributed by atoms with Crippen molar-refractivity contribution in [2.75, 3.05) is 6.54 Å². The topological polar surface area (TPSA) is 68.2 Å². The number of carboxylic acid groups (broad SMARTS) is 1. The van der Waals surface area contributed by atoms with Gasteiger partial charge in [-0.15, -0.1) is 0 Å². The minimum atomic E-state index is -0.886. The van der Waals surface area contributed by atoms with Gasteiger partial charge >= 0.3 is 5.97 Å². The van der Waals surface area contributed by atoms with Crippen LogP contribution in [-0.2, 0) is 6.54 Å². The molecular formula is C13H16N2O2. The van der Waals surface area contributed by atoms with E-state index in [4.69, 9.17) is 5.73 Å². The Morgan fingerprint density at radius 1 is 1.41 bits per heavy atom. The molecule has 4 heteroatoms. The van der Waals surface area contributed by atoms with E-state index in [1.54, 1.807) is 12.1 Å². The number of fused-ring (bicyclic) bond motifs is 1. The van der Waals surface area contributed by atoms with Gasteiger partial charge in [-0.3, -0.25) is 0 Å². The lowest BCUT2D eigenvalue weighted by molar-refractivity contribution is 0.0699. The summed E-state index contributed by atoms with van der Waals surface area (Å²) in [5.74, 6) is -0.886. The van der Waals surface area contributed by atoms with Crippen LogP contribution in [0.2, 0.25) is 0 Å². The van der Waals surface area contributed by atoms with E-state index in [1.165, 1.54) is 0 Å². The first-order chi connectivity index (χ1) is 8.07. The number of aromatic nitrogens is 1. The van der Waals surface area contributed by atoms with Crippen molar-refractivity contribution in [1.82, 2.24) is 4.57 Å². The van der Waals surface area contributed by atoms with Crippen molar-refractivity contribution in [1.29, 1.82) is 0 Å². The molecule has 0 fully saturated rings. The van der Waals surface area contributed by atoms with E-state index in [9.17, 15) is 9.90 Å². The Bertz CT molecular complexity index is 585. The zero-order valence-corrected chi connectivity index (χ0v) is 10.0. The van der Waals surface area contributed by atoms with Crippen LogP contribution in [0.5, 0.6) is 0 Å². The molecular weight excluding hydrogens is 216 g/mol. The van der Waals surface area contributed by atoms with Crippen LogP contribution >= 0.6 is 0 Å². The second-order valence-corrected chi connectivity index (χ2v) is 4.16. The summed E-state index contributed by atoms with van der Waals surface area (Å²) < 4.78 is 2.08. The van der Waals surface area contributed by atoms with E-state index >= 15 is 0 Å². The molecule has 3 N–H and O–H groups in total. The number of aryl methyl sites for hydroxylation is 1. The molecule has 0 spiro atoms. The molecule has 0 saturated heterocycles. The smallest absolute Gasteiger partial charge is 0.336 e. The third-order valence-electron chi connectivity index (χ3n) is 3.24. The predicted molar refractivity (Wildman–Crippen MR) is 67.4 cm³/mol. The fourth-order valence-corrected chi connectivity index (χ4v) is 2.32. The number of aromatic carboxylic acids is 1. The van der Waals surface area contributed by atoms with Gasteiger partial charge in [0.2, 0.25) is 0 Å². The summed E-state index contributed by atoms with van der Waals surface area (Å²) in [4.78, 5) is 11.2. The highest BCUT2D eigenvalue weighted by atomic mass is 16.4. The second kappa shape index (κ2) is 4.22. The fourth-order valence-electron chi connectivity index (χ4n) is 2.32. The highest BCUT2D eigenvalue weighted by molar-refractivity contribution is 6.05. The molecule has 0 amide bonds. The van der Waals surface area contributed by atoms with Crippen molar-refractivity contribution in [3.05, 3.63) is 35.0 Å². The van der Waals surface area contributed by atoms with Crippen LogP contribution in [0.3, 0.4) is 0 Å². The molecule has 90 valence electrons. The SMILES string of the molecule is Cc1c(C)n(CCN)c2cccc(C(=O)O)c12. The molecule has 0 aliphatic carbocycles. The van der Waals surface area contributed by atoms with Crippen molar-refractivity contribution >= 4 is 16.9 Å². The van der Waals surface area contributed by atoms with Gasteiger partial charge in [-0.1, -0.05) is 6.07 Å². The van der Waals surface area contributed by atoms with Crippen LogP contribution in [0.4, 0.5) is 0 Å². The minimum absolute atomic E-state index is 0.360. The lowest BCUT2D eigenvalue weighted by Crippen LogP contribution is -2.10. The standard InChI is InChI=1S/C13H16N2O2/c1-8-9(2)15(7-6-14)11-5-3-4-10(12(8)11)13(16)17/h3-5H,6-7,14H2,1-2H3,(H,16,17). The van der Waals surface area contributed by atoms with Gasteiger partial charge in [0, 0.05) is 29.7 Å². The van der Waals surface area contributed by atoms with Crippen LogP contribution in [0.1, 0.15) is 21.6 Å². The monoisotopic (exact) mass is 232 g/mol. The number of nitrogens with zero attached hydrogens (tertiary/aromatic N) is 1. The molecule has 1 aromatic carbocycles. The van der Waals surface area contributed by atoms with Crippen molar-refractivity contribution in [3.8, 4) is 0 Å². The molecule has 1 aromatic heterocycles. The van der Waals surface area contributed by atoms with E-state index in [1.807, 2.05) is 19.9 Å². The summed E-state index contributed by atoms with van der Waals surface area (Å²) in [5.41, 5.74) is 9.00. The third kappa shape index (κ3) is 1.70. The van der Waals surface area contributed by atoms with Gasteiger partial charge in [0.25, 0.3) is 0 Å². The summed E-state index contributed by atoms with van der Waals surface area (Å²) in [6, 6.07) is 5.36. The highest BCUT2D eigenvalue weighted by Gasteiger charge is 2.16. The Balaban J connectivity index is 2.84. The van der Waals surface area contributed by atoms with E-state index in [0.717, 1.165) is 22.2 Å². The Kier molecular flexibility index (Phi) is 2.90. The van der Waals surface area contributed by atoms with Gasteiger partial charge in [0.1, 0.15) is 0 Å². The zero-order valence-electron chi connectivity index (χ0n) is 10.0. The van der Waals surface area contributed by atoms with Gasteiger partial charge in [0.15, 0.2) is 0 Å². The zero-order chi connectivity index (χ0) is 12.6. The molecule has 0 bridgehead atoms. The second-order valence-electron chi connectivity index (χ2n) is 4.16. The average Bonchev–Trinajstić information content (AvgIpc) is 2.55. The molecule has 0 aliphatic heterocycles. The largest absolute Gasteiger partial charge is 0.478 e. The number of hydrogen-bond acceptors (Lipinski definition) is 2. The van der Waals surface area contributed by atoms with Crippen molar-refractivity contribution < 1.29 is 9.90 Å². The molecule has 0 atom stereocenters. The third-order valence-corrected chi connectivity index (χ3v) is 3.24. The number of nitrogens with two attached hydrogens (primary N) is 1. The molecule has 1 heterocycles. The first-order valence-electron chi connectivity index (χ1n) is 5.59. The maximum absolute atomic E-state index is 11.2. The lowest BCUT2D eigenvalue weighted by atomic mass is 10.1. The van der Waals surface area contributed by atoms with Crippen LogP contribution < -0.4 is 5.73 Å². The maximum Gasteiger partial charge on any atom is 0.336 e. The van der Waals surface area contributed by atoms with Gasteiger partial charge in [-0.05, 0) is 31.5 Å². The van der Waals surface area contributed by atoms with E-state index < -0.39 is 5.97 Å². The minimum Gasteiger partial charge on any atom is -0.478 e. The summed E-state index contributed by atoms with van der Waals surface area (Å²) in [5, 5.41) is 10.0. The van der Waals surface area contributed by atoms with Crippen molar-refractivity contribution in [3.63, 3.8) is 0 Å². The maximum atomic E-state index is 11.2. The summed E-state index contributed by atoms with van der Waals surface area (Å²) >= 11 is 0. The average molecular weight is 232 g/mol. The summed E-state index contributed by atoms with van der Waals surface area (Å²) in [6.45, 7) is 5.20. The molecule has 0 aliphatic rings. The highest BCUT2D eigenvalue weighted by Crippen LogP contribution is 2.28. The fraction of sp³-hybridized carbons (Fsp3) is 0.308. The van der Waals surface area contributed by atoms with E-state index in [0.29, 0.717) is 18.7 Å². The van der Waals surface area contributed by atoms with Crippen LogP contribution in [-0.4, -0.2) is 22.2 Å². The van der Waals surface area contributed by atoms with Crippen molar-refractivity contribution in [2.45, 2.75) is 20.4 Å². The Labute approximate surface area is 99.7 Å². The number of carbonyl (C=O) groups is 1. The number of hydrogen-bond donors (Lipinski definition) is 2. The van der Waals surface area contributed by atoms with Gasteiger partial charge < -0.3 is 15.4 Å². The molecule has 4 nitrogen and oxygen atoms in total. The van der Waals surface area contributed by atoms with E-state index in [2.05, 4.69) is 4.57 Å². The quantitative estimate of drug-likeness (QED) is 0.849. The van der Waals surface area contributed by atoms with Crippen LogP contribution in [0.25, 0.3) is 10.9 Å². The normalized spacial score (nSPS) is 11.0. The van der Waals surface area contributed by atoms with Gasteiger partial charge in [-0.25, -0.2) is 4.79 Å². The summed E-state index contributed by atoms with van der Waals surface area (Å²) in [7, 11) is 0. The number of carboxylic acids is 1. The Morgan fingerprint density at radius 2 is 2.12 bits per heavy atom. The Hall–Kier alpha value is -1.81. The van der Waals surface area contributed by atoms with E-state index in [-0.39, 0.29) is 0 Å². The van der Waals surface area contributed by atoms with Gasteiger partial charge in [0.05, 0.1) is 5.56 Å².